The Balaban J connectivity index is 2.39. The van der Waals surface area contributed by atoms with Crippen LogP contribution in [0.4, 0.5) is 10.1 Å². The first-order chi connectivity index (χ1) is 9.83. The van der Waals surface area contributed by atoms with Gasteiger partial charge in [0.05, 0.1) is 15.6 Å². The maximum Gasteiger partial charge on any atom is 0.240 e. The van der Waals surface area contributed by atoms with E-state index in [0.29, 0.717) is 0 Å². The normalized spacial score (nSPS) is 11.4. The highest BCUT2D eigenvalue weighted by Crippen LogP contribution is 2.31. The molecule has 0 aliphatic rings. The third-order valence-electron chi connectivity index (χ3n) is 2.68. The Labute approximate surface area is 126 Å². The summed E-state index contributed by atoms with van der Waals surface area (Å²) in [5.74, 6) is -0.387. The van der Waals surface area contributed by atoms with Crippen molar-refractivity contribution in [2.75, 3.05) is 12.8 Å². The second-order valence-corrected chi connectivity index (χ2v) is 6.38. The predicted molar refractivity (Wildman–Crippen MR) is 78.6 cm³/mol. The monoisotopic (exact) mass is 330 g/mol. The Morgan fingerprint density at radius 2 is 1.95 bits per heavy atom. The molecule has 0 saturated heterocycles. The van der Waals surface area contributed by atoms with Gasteiger partial charge in [0.25, 0.3) is 0 Å². The summed E-state index contributed by atoms with van der Waals surface area (Å²) in [5, 5.41) is -0.0400. The summed E-state index contributed by atoms with van der Waals surface area (Å²) in [4.78, 5) is -0.0105. The lowest BCUT2D eigenvalue weighted by Gasteiger charge is -2.11. The number of hydrogen-bond donors (Lipinski definition) is 2. The number of nitrogen functional groups attached to an aromatic ring is 1. The summed E-state index contributed by atoms with van der Waals surface area (Å²) in [6.45, 7) is 0. The third-order valence-corrected chi connectivity index (χ3v) is 4.40. The van der Waals surface area contributed by atoms with Crippen molar-refractivity contribution >= 4 is 27.3 Å². The van der Waals surface area contributed by atoms with E-state index in [2.05, 4.69) is 4.72 Å². The molecule has 0 aliphatic carbocycles. The molecule has 21 heavy (non-hydrogen) atoms. The predicted octanol–water partition coefficient (Wildman–Crippen LogP) is 2.76. The first kappa shape index (κ1) is 15.6. The molecule has 8 heteroatoms. The van der Waals surface area contributed by atoms with Gasteiger partial charge in [0, 0.05) is 12.1 Å². The highest BCUT2D eigenvalue weighted by Gasteiger charge is 2.14. The van der Waals surface area contributed by atoms with E-state index in [1.165, 1.54) is 37.4 Å². The summed E-state index contributed by atoms with van der Waals surface area (Å²) in [7, 11) is -2.33. The van der Waals surface area contributed by atoms with Gasteiger partial charge in [0.2, 0.25) is 10.0 Å². The highest BCUT2D eigenvalue weighted by molar-refractivity contribution is 7.89. The van der Waals surface area contributed by atoms with Gasteiger partial charge in [-0.05, 0) is 31.3 Å². The van der Waals surface area contributed by atoms with E-state index in [0.717, 1.165) is 6.07 Å². The van der Waals surface area contributed by atoms with Crippen molar-refractivity contribution in [1.82, 2.24) is 4.72 Å². The molecule has 2 aromatic rings. The van der Waals surface area contributed by atoms with Crippen molar-refractivity contribution in [3.8, 4) is 11.5 Å². The average molecular weight is 331 g/mol. The summed E-state index contributed by atoms with van der Waals surface area (Å²) < 4.78 is 44.4. The van der Waals surface area contributed by atoms with Gasteiger partial charge in [-0.3, -0.25) is 0 Å². The fourth-order valence-electron chi connectivity index (χ4n) is 1.56. The molecule has 0 radical (unpaired) electrons. The van der Waals surface area contributed by atoms with E-state index in [1.54, 1.807) is 0 Å². The minimum Gasteiger partial charge on any atom is -0.455 e. The van der Waals surface area contributed by atoms with Gasteiger partial charge in [-0.1, -0.05) is 11.6 Å². The van der Waals surface area contributed by atoms with Crippen LogP contribution < -0.4 is 15.2 Å². The van der Waals surface area contributed by atoms with E-state index in [1.807, 2.05) is 0 Å². The van der Waals surface area contributed by atoms with Crippen molar-refractivity contribution in [2.45, 2.75) is 4.90 Å². The van der Waals surface area contributed by atoms with Gasteiger partial charge in [0.15, 0.2) is 5.75 Å². The first-order valence-electron chi connectivity index (χ1n) is 5.79. The fourth-order valence-corrected chi connectivity index (χ4v) is 2.42. The molecule has 0 heterocycles. The average Bonchev–Trinajstić information content (AvgIpc) is 2.45. The number of sulfonamides is 1. The minimum absolute atomic E-state index is 0.0105. The number of benzene rings is 2. The zero-order valence-corrected chi connectivity index (χ0v) is 12.5. The second-order valence-electron chi connectivity index (χ2n) is 4.09. The molecule has 0 spiro atoms. The Bertz CT molecular complexity index is 781. The largest absolute Gasteiger partial charge is 0.455 e. The minimum atomic E-state index is -3.63. The molecule has 0 bridgehead atoms. The Hall–Kier alpha value is -1.83. The first-order valence-corrected chi connectivity index (χ1v) is 7.65. The molecule has 2 aromatic carbocycles. The summed E-state index contributed by atoms with van der Waals surface area (Å²) in [6.07, 6.45) is 0. The maximum absolute atomic E-state index is 13.4. The number of ether oxygens (including phenoxy) is 1. The lowest BCUT2D eigenvalue weighted by atomic mass is 10.3. The van der Waals surface area contributed by atoms with E-state index >= 15 is 0 Å². The maximum atomic E-state index is 13.4. The summed E-state index contributed by atoms with van der Waals surface area (Å²) in [6, 6.07) is 7.86. The number of halogens is 2. The Morgan fingerprint density at radius 1 is 1.24 bits per heavy atom. The SMILES string of the molecule is CNS(=O)(=O)c1ccc(N)c(Oc2ccc(Cl)c(F)c2)c1. The van der Waals surface area contributed by atoms with Crippen LogP contribution in [0.25, 0.3) is 0 Å². The molecule has 112 valence electrons. The van der Waals surface area contributed by atoms with E-state index in [-0.39, 0.29) is 27.1 Å². The number of hydrogen-bond acceptors (Lipinski definition) is 4. The fraction of sp³-hybridized carbons (Fsp3) is 0.0769. The van der Waals surface area contributed by atoms with Crippen molar-refractivity contribution < 1.29 is 17.5 Å². The van der Waals surface area contributed by atoms with Gasteiger partial charge >= 0.3 is 0 Å². The topological polar surface area (TPSA) is 81.4 Å². The zero-order chi connectivity index (χ0) is 15.6. The number of nitrogens with one attached hydrogen (secondary N) is 1. The van der Waals surface area contributed by atoms with Crippen molar-refractivity contribution in [3.63, 3.8) is 0 Å². The van der Waals surface area contributed by atoms with Crippen LogP contribution in [0, 0.1) is 5.82 Å². The van der Waals surface area contributed by atoms with Crippen molar-refractivity contribution in [2.24, 2.45) is 0 Å². The highest BCUT2D eigenvalue weighted by atomic mass is 35.5. The van der Waals surface area contributed by atoms with Gasteiger partial charge in [-0.2, -0.15) is 0 Å². The van der Waals surface area contributed by atoms with Crippen molar-refractivity contribution in [1.29, 1.82) is 0 Å². The van der Waals surface area contributed by atoms with E-state index in [9.17, 15) is 12.8 Å². The molecular weight excluding hydrogens is 319 g/mol. The van der Waals surface area contributed by atoms with Crippen LogP contribution in [0.3, 0.4) is 0 Å². The molecule has 0 atom stereocenters. The molecule has 0 amide bonds. The van der Waals surface area contributed by atoms with Crippen molar-refractivity contribution in [3.05, 3.63) is 47.2 Å². The molecule has 0 aliphatic heterocycles. The lowest BCUT2D eigenvalue weighted by Crippen LogP contribution is -2.18. The van der Waals surface area contributed by atoms with Gasteiger partial charge in [0.1, 0.15) is 11.6 Å². The van der Waals surface area contributed by atoms with E-state index < -0.39 is 15.8 Å². The van der Waals surface area contributed by atoms with Gasteiger partial charge < -0.3 is 10.5 Å². The molecule has 0 aromatic heterocycles. The Kier molecular flexibility index (Phi) is 4.36. The molecule has 5 nitrogen and oxygen atoms in total. The molecule has 3 N–H and O–H groups in total. The smallest absolute Gasteiger partial charge is 0.240 e. The van der Waals surface area contributed by atoms with Crippen LogP contribution >= 0.6 is 11.6 Å². The van der Waals surface area contributed by atoms with Crippen LogP contribution in [0.15, 0.2) is 41.3 Å². The quantitative estimate of drug-likeness (QED) is 0.845. The van der Waals surface area contributed by atoms with Crippen LogP contribution in [-0.4, -0.2) is 15.5 Å². The molecular formula is C13H12ClFN2O3S. The Morgan fingerprint density at radius 3 is 2.57 bits per heavy atom. The lowest BCUT2D eigenvalue weighted by molar-refractivity contribution is 0.477. The molecule has 0 unspecified atom stereocenters. The summed E-state index contributed by atoms with van der Waals surface area (Å²) in [5.41, 5.74) is 5.95. The molecule has 0 fully saturated rings. The van der Waals surface area contributed by atoms with Crippen LogP contribution in [0.5, 0.6) is 11.5 Å². The number of anilines is 1. The second kappa shape index (κ2) is 5.88. The summed E-state index contributed by atoms with van der Waals surface area (Å²) >= 11 is 5.58. The van der Waals surface area contributed by atoms with E-state index in [4.69, 9.17) is 22.1 Å². The van der Waals surface area contributed by atoms with Crippen LogP contribution in [-0.2, 0) is 10.0 Å². The number of rotatable bonds is 4. The standard InChI is InChI=1S/C13H12ClFN2O3S/c1-17-21(18,19)9-3-5-12(16)13(7-9)20-8-2-4-10(14)11(15)6-8/h2-7,17H,16H2,1H3. The van der Waals surface area contributed by atoms with Gasteiger partial charge in [-0.15, -0.1) is 0 Å². The van der Waals surface area contributed by atoms with Crippen LogP contribution in [0.1, 0.15) is 0 Å². The zero-order valence-electron chi connectivity index (χ0n) is 10.9. The van der Waals surface area contributed by atoms with Gasteiger partial charge in [-0.25, -0.2) is 17.5 Å². The molecule has 2 rings (SSSR count). The molecule has 0 saturated carbocycles. The van der Waals surface area contributed by atoms with Crippen LogP contribution in [0.2, 0.25) is 5.02 Å². The number of nitrogens with two attached hydrogens (primary N) is 1. The third kappa shape index (κ3) is 3.44.